The van der Waals surface area contributed by atoms with E-state index in [4.69, 9.17) is 10.5 Å². The molecule has 2 aromatic rings. The average molecular weight is 263 g/mol. The summed E-state index contributed by atoms with van der Waals surface area (Å²) in [6.45, 7) is 3.65. The molecule has 0 fully saturated rings. The summed E-state index contributed by atoms with van der Waals surface area (Å²) in [5.74, 6) is -0.829. The van der Waals surface area contributed by atoms with Gasteiger partial charge in [-0.25, -0.2) is 13.9 Å². The van der Waals surface area contributed by atoms with Crippen LogP contribution in [0.2, 0.25) is 0 Å². The van der Waals surface area contributed by atoms with Crippen LogP contribution in [0.4, 0.5) is 10.1 Å². The number of carbonyl (C=O) groups is 1. The quantitative estimate of drug-likeness (QED) is 0.680. The van der Waals surface area contributed by atoms with Gasteiger partial charge in [0.1, 0.15) is 5.82 Å². The molecule has 5 nitrogen and oxygen atoms in total. The lowest BCUT2D eigenvalue weighted by atomic mass is 10.2. The van der Waals surface area contributed by atoms with Crippen LogP contribution >= 0.6 is 0 Å². The summed E-state index contributed by atoms with van der Waals surface area (Å²) in [5, 5.41) is 4.03. The number of hydrogen-bond acceptors (Lipinski definition) is 4. The van der Waals surface area contributed by atoms with E-state index >= 15 is 0 Å². The van der Waals surface area contributed by atoms with E-state index in [1.54, 1.807) is 19.9 Å². The number of hydrogen-bond donors (Lipinski definition) is 1. The Morgan fingerprint density at radius 1 is 1.53 bits per heavy atom. The summed E-state index contributed by atoms with van der Waals surface area (Å²) >= 11 is 0. The minimum atomic E-state index is -0.453. The predicted molar refractivity (Wildman–Crippen MR) is 68.6 cm³/mol. The summed E-state index contributed by atoms with van der Waals surface area (Å²) in [7, 11) is 0. The van der Waals surface area contributed by atoms with E-state index in [1.807, 2.05) is 0 Å². The topological polar surface area (TPSA) is 70.1 Å². The third kappa shape index (κ3) is 2.57. The molecular weight excluding hydrogens is 249 g/mol. The van der Waals surface area contributed by atoms with E-state index in [0.717, 1.165) is 0 Å². The van der Waals surface area contributed by atoms with Gasteiger partial charge in [-0.05, 0) is 31.5 Å². The second-order valence-electron chi connectivity index (χ2n) is 4.05. The van der Waals surface area contributed by atoms with E-state index in [1.165, 1.54) is 23.1 Å². The fourth-order valence-corrected chi connectivity index (χ4v) is 1.65. The van der Waals surface area contributed by atoms with Gasteiger partial charge in [-0.1, -0.05) is 0 Å². The summed E-state index contributed by atoms with van der Waals surface area (Å²) in [6.07, 6.45) is 2.89. The summed E-state index contributed by atoms with van der Waals surface area (Å²) in [6, 6.07) is 2.81. The number of carbonyl (C=O) groups excluding carboxylic acids is 1. The zero-order valence-electron chi connectivity index (χ0n) is 10.7. The highest BCUT2D eigenvalue weighted by atomic mass is 19.1. The maximum atomic E-state index is 13.3. The maximum absolute atomic E-state index is 13.3. The molecule has 100 valence electrons. The third-order valence-corrected chi connectivity index (χ3v) is 2.65. The van der Waals surface area contributed by atoms with E-state index in [0.29, 0.717) is 23.4 Å². The fraction of sp³-hybridized carbons (Fsp3) is 0.231. The molecule has 0 spiro atoms. The first kappa shape index (κ1) is 13.1. The molecule has 0 aliphatic rings. The van der Waals surface area contributed by atoms with Crippen molar-refractivity contribution in [3.63, 3.8) is 0 Å². The molecule has 0 radical (unpaired) electrons. The minimum Gasteiger partial charge on any atom is -0.462 e. The number of esters is 1. The molecule has 2 N–H and O–H groups in total. The second-order valence-corrected chi connectivity index (χ2v) is 4.05. The lowest BCUT2D eigenvalue weighted by Crippen LogP contribution is -2.04. The van der Waals surface area contributed by atoms with Crippen LogP contribution in [0.5, 0.6) is 0 Å². The number of benzene rings is 1. The molecule has 2 rings (SSSR count). The number of aryl methyl sites for hydroxylation is 1. The molecule has 0 saturated carbocycles. The molecule has 0 bridgehead atoms. The van der Waals surface area contributed by atoms with Gasteiger partial charge in [0.25, 0.3) is 0 Å². The molecule has 0 atom stereocenters. The number of nitrogens with two attached hydrogens (primary N) is 1. The van der Waals surface area contributed by atoms with Crippen molar-refractivity contribution in [2.75, 3.05) is 12.3 Å². The Labute approximate surface area is 109 Å². The van der Waals surface area contributed by atoms with Crippen LogP contribution in [-0.2, 0) is 4.74 Å². The molecule has 19 heavy (non-hydrogen) atoms. The first-order valence-corrected chi connectivity index (χ1v) is 5.80. The zero-order valence-corrected chi connectivity index (χ0v) is 10.7. The van der Waals surface area contributed by atoms with E-state index in [2.05, 4.69) is 5.10 Å². The first-order chi connectivity index (χ1) is 9.02. The Morgan fingerprint density at radius 2 is 2.26 bits per heavy atom. The normalized spacial score (nSPS) is 10.5. The van der Waals surface area contributed by atoms with Gasteiger partial charge >= 0.3 is 5.97 Å². The van der Waals surface area contributed by atoms with E-state index < -0.39 is 5.97 Å². The number of anilines is 1. The van der Waals surface area contributed by atoms with Crippen LogP contribution in [-0.4, -0.2) is 22.4 Å². The van der Waals surface area contributed by atoms with Crippen molar-refractivity contribution < 1.29 is 13.9 Å². The first-order valence-electron chi connectivity index (χ1n) is 5.80. The van der Waals surface area contributed by atoms with Crippen LogP contribution < -0.4 is 5.73 Å². The lowest BCUT2D eigenvalue weighted by Gasteiger charge is -2.07. The zero-order chi connectivity index (χ0) is 14.0. The Morgan fingerprint density at radius 3 is 2.95 bits per heavy atom. The standard InChI is InChI=1S/C13H14FN3O2/c1-3-19-13(18)9-6-16-17(7-9)12-4-8(2)10(14)5-11(12)15/h4-7H,3,15H2,1-2H3. The largest absolute Gasteiger partial charge is 0.462 e. The molecular formula is C13H14FN3O2. The number of nitrogens with zero attached hydrogens (tertiary/aromatic N) is 2. The molecule has 0 unspecified atom stereocenters. The number of rotatable bonds is 3. The SMILES string of the molecule is CCOC(=O)c1cnn(-c2cc(C)c(F)cc2N)c1. The van der Waals surface area contributed by atoms with Gasteiger partial charge in [0.05, 0.1) is 29.7 Å². The number of halogens is 1. The van der Waals surface area contributed by atoms with Gasteiger partial charge in [-0.2, -0.15) is 5.10 Å². The van der Waals surface area contributed by atoms with Crippen molar-refractivity contribution in [2.24, 2.45) is 0 Å². The highest BCUT2D eigenvalue weighted by Crippen LogP contribution is 2.21. The van der Waals surface area contributed by atoms with Gasteiger partial charge in [0.2, 0.25) is 0 Å². The van der Waals surface area contributed by atoms with E-state index in [9.17, 15) is 9.18 Å². The van der Waals surface area contributed by atoms with Crippen LogP contribution in [0.15, 0.2) is 24.5 Å². The average Bonchev–Trinajstić information content (AvgIpc) is 2.83. The lowest BCUT2D eigenvalue weighted by molar-refractivity contribution is 0.0526. The Hall–Kier alpha value is -2.37. The Bertz CT molecular complexity index is 622. The monoisotopic (exact) mass is 263 g/mol. The molecule has 0 saturated heterocycles. The van der Waals surface area contributed by atoms with Gasteiger partial charge in [0.15, 0.2) is 0 Å². The Kier molecular flexibility index (Phi) is 3.50. The predicted octanol–water partition coefficient (Wildman–Crippen LogP) is 2.08. The number of aromatic nitrogens is 2. The fourth-order valence-electron chi connectivity index (χ4n) is 1.65. The smallest absolute Gasteiger partial charge is 0.341 e. The van der Waals surface area contributed by atoms with Crippen LogP contribution in [0.3, 0.4) is 0 Å². The van der Waals surface area contributed by atoms with Crippen molar-refractivity contribution in [3.8, 4) is 5.69 Å². The van der Waals surface area contributed by atoms with Crippen LogP contribution in [0.1, 0.15) is 22.8 Å². The molecule has 6 heteroatoms. The van der Waals surface area contributed by atoms with Crippen molar-refractivity contribution >= 4 is 11.7 Å². The number of nitrogen functional groups attached to an aromatic ring is 1. The highest BCUT2D eigenvalue weighted by Gasteiger charge is 2.12. The summed E-state index contributed by atoms with van der Waals surface area (Å²) < 4.78 is 19.6. The van der Waals surface area contributed by atoms with Gasteiger partial charge in [-0.15, -0.1) is 0 Å². The third-order valence-electron chi connectivity index (χ3n) is 2.65. The molecule has 1 heterocycles. The van der Waals surface area contributed by atoms with Crippen molar-refractivity contribution in [2.45, 2.75) is 13.8 Å². The highest BCUT2D eigenvalue weighted by molar-refractivity contribution is 5.88. The van der Waals surface area contributed by atoms with Crippen molar-refractivity contribution in [1.82, 2.24) is 9.78 Å². The van der Waals surface area contributed by atoms with Crippen LogP contribution in [0.25, 0.3) is 5.69 Å². The van der Waals surface area contributed by atoms with Gasteiger partial charge in [0, 0.05) is 6.20 Å². The molecule has 0 amide bonds. The van der Waals surface area contributed by atoms with Gasteiger partial charge < -0.3 is 10.5 Å². The van der Waals surface area contributed by atoms with Gasteiger partial charge in [-0.3, -0.25) is 0 Å². The van der Waals surface area contributed by atoms with Crippen molar-refractivity contribution in [3.05, 3.63) is 41.5 Å². The molecule has 1 aromatic carbocycles. The molecule has 0 aliphatic heterocycles. The number of ether oxygens (including phenoxy) is 1. The Balaban J connectivity index is 2.38. The van der Waals surface area contributed by atoms with E-state index in [-0.39, 0.29) is 11.5 Å². The minimum absolute atomic E-state index is 0.251. The molecule has 1 aromatic heterocycles. The maximum Gasteiger partial charge on any atom is 0.341 e. The van der Waals surface area contributed by atoms with Crippen LogP contribution in [0, 0.1) is 12.7 Å². The molecule has 0 aliphatic carbocycles. The van der Waals surface area contributed by atoms with Crippen molar-refractivity contribution in [1.29, 1.82) is 0 Å². The second kappa shape index (κ2) is 5.09. The summed E-state index contributed by atoms with van der Waals surface area (Å²) in [5.41, 5.74) is 7.30. The summed E-state index contributed by atoms with van der Waals surface area (Å²) in [4.78, 5) is 11.5.